The largest absolute Gasteiger partial charge is 0.298 e. The minimum atomic E-state index is 0.769. The number of aryl methyl sites for hydroxylation is 1. The Morgan fingerprint density at radius 3 is 2.75 bits per heavy atom. The van der Waals surface area contributed by atoms with E-state index in [0.717, 1.165) is 23.2 Å². The Bertz CT molecular complexity index is 281. The highest BCUT2D eigenvalue weighted by Gasteiger charge is 1.96. The number of carbonyl (C=O) groups is 1. The molecule has 0 atom stereocenters. The molecule has 0 aliphatic rings. The van der Waals surface area contributed by atoms with Crippen LogP contribution in [0, 0.1) is 6.92 Å². The number of hydrogen-bond acceptors (Lipinski definition) is 2. The second-order valence-corrected chi connectivity index (χ2v) is 3.97. The minimum absolute atomic E-state index is 0.769. The minimum Gasteiger partial charge on any atom is -0.298 e. The van der Waals surface area contributed by atoms with E-state index in [4.69, 9.17) is 0 Å². The van der Waals surface area contributed by atoms with Crippen LogP contribution in [-0.2, 0) is 0 Å². The van der Waals surface area contributed by atoms with Gasteiger partial charge < -0.3 is 0 Å². The summed E-state index contributed by atoms with van der Waals surface area (Å²) < 4.78 is 0. The Kier molecular flexibility index (Phi) is 3.35. The molecule has 0 bridgehead atoms. The highest BCUT2D eigenvalue weighted by Crippen LogP contribution is 2.19. The first-order valence-electron chi connectivity index (χ1n) is 3.96. The lowest BCUT2D eigenvalue weighted by Gasteiger charge is -2.01. The molecule has 1 rings (SSSR count). The molecule has 2 heteroatoms. The van der Waals surface area contributed by atoms with Gasteiger partial charge in [-0.3, -0.25) is 4.79 Å². The van der Waals surface area contributed by atoms with Crippen LogP contribution in [0.2, 0.25) is 0 Å². The van der Waals surface area contributed by atoms with Crippen LogP contribution in [0.1, 0.15) is 22.8 Å². The van der Waals surface area contributed by atoms with E-state index in [-0.39, 0.29) is 0 Å². The van der Waals surface area contributed by atoms with Gasteiger partial charge in [0.1, 0.15) is 6.29 Å². The molecule has 64 valence electrons. The van der Waals surface area contributed by atoms with Gasteiger partial charge in [0.25, 0.3) is 0 Å². The van der Waals surface area contributed by atoms with E-state index in [2.05, 4.69) is 13.0 Å². The average Bonchev–Trinajstić information content (AvgIpc) is 2.04. The Hall–Kier alpha value is -0.760. The van der Waals surface area contributed by atoms with Crippen molar-refractivity contribution in [3.8, 4) is 0 Å². The molecule has 1 aromatic carbocycles. The molecule has 0 spiro atoms. The van der Waals surface area contributed by atoms with Crippen LogP contribution in [0.25, 0.3) is 0 Å². The molecule has 0 amide bonds. The zero-order valence-corrected chi connectivity index (χ0v) is 8.15. The van der Waals surface area contributed by atoms with Crippen LogP contribution in [0.3, 0.4) is 0 Å². The van der Waals surface area contributed by atoms with Gasteiger partial charge in [0.2, 0.25) is 0 Å². The Morgan fingerprint density at radius 2 is 2.17 bits per heavy atom. The van der Waals surface area contributed by atoms with E-state index < -0.39 is 0 Å². The summed E-state index contributed by atoms with van der Waals surface area (Å²) in [5.74, 6) is 1.04. The number of carbonyl (C=O) groups excluding carboxylic acids is 1. The standard InChI is InChI=1S/C10H12OS/c1-3-12-10-5-8(2)4-9(6-10)7-11/h4-7H,3H2,1-2H3. The molecule has 0 fully saturated rings. The number of rotatable bonds is 3. The molecule has 0 radical (unpaired) electrons. The van der Waals surface area contributed by atoms with E-state index >= 15 is 0 Å². The van der Waals surface area contributed by atoms with Gasteiger partial charge in [-0.2, -0.15) is 0 Å². The maximum atomic E-state index is 10.5. The maximum Gasteiger partial charge on any atom is 0.150 e. The van der Waals surface area contributed by atoms with Crippen LogP contribution in [0.15, 0.2) is 23.1 Å². The van der Waals surface area contributed by atoms with E-state index in [1.165, 1.54) is 4.90 Å². The highest BCUT2D eigenvalue weighted by atomic mass is 32.2. The Morgan fingerprint density at radius 1 is 1.42 bits per heavy atom. The third-order valence-corrected chi connectivity index (χ3v) is 2.38. The zero-order chi connectivity index (χ0) is 8.97. The van der Waals surface area contributed by atoms with Crippen molar-refractivity contribution < 1.29 is 4.79 Å². The van der Waals surface area contributed by atoms with Gasteiger partial charge in [-0.25, -0.2) is 0 Å². The molecule has 0 N–H and O–H groups in total. The lowest BCUT2D eigenvalue weighted by molar-refractivity contribution is 0.112. The van der Waals surface area contributed by atoms with Crippen molar-refractivity contribution in [2.45, 2.75) is 18.7 Å². The van der Waals surface area contributed by atoms with Crippen LogP contribution < -0.4 is 0 Å². The van der Waals surface area contributed by atoms with E-state index in [1.807, 2.05) is 19.1 Å². The lowest BCUT2D eigenvalue weighted by atomic mass is 10.2. The molecule has 0 unspecified atom stereocenters. The zero-order valence-electron chi connectivity index (χ0n) is 7.33. The van der Waals surface area contributed by atoms with Crippen LogP contribution >= 0.6 is 11.8 Å². The van der Waals surface area contributed by atoms with Gasteiger partial charge in [0, 0.05) is 10.5 Å². The quantitative estimate of drug-likeness (QED) is 0.525. The fourth-order valence-corrected chi connectivity index (χ4v) is 1.92. The Balaban J connectivity index is 2.97. The molecule has 0 aliphatic heterocycles. The van der Waals surface area contributed by atoms with E-state index in [9.17, 15) is 4.79 Å². The summed E-state index contributed by atoms with van der Waals surface area (Å²) in [7, 11) is 0. The SMILES string of the molecule is CCSc1cc(C)cc(C=O)c1. The first kappa shape index (κ1) is 9.33. The normalized spacial score (nSPS) is 9.83. The molecule has 0 saturated heterocycles. The van der Waals surface area contributed by atoms with E-state index in [1.54, 1.807) is 11.8 Å². The molecule has 1 nitrogen and oxygen atoms in total. The Labute approximate surface area is 77.2 Å². The topological polar surface area (TPSA) is 17.1 Å². The predicted molar refractivity (Wildman–Crippen MR) is 53.0 cm³/mol. The molecule has 12 heavy (non-hydrogen) atoms. The fourth-order valence-electron chi connectivity index (χ4n) is 1.09. The molecule has 0 heterocycles. The summed E-state index contributed by atoms with van der Waals surface area (Å²) >= 11 is 1.76. The predicted octanol–water partition coefficient (Wildman–Crippen LogP) is 2.92. The van der Waals surface area contributed by atoms with Crippen molar-refractivity contribution in [2.24, 2.45) is 0 Å². The van der Waals surface area contributed by atoms with Crippen molar-refractivity contribution in [2.75, 3.05) is 5.75 Å². The number of hydrogen-bond donors (Lipinski definition) is 0. The maximum absolute atomic E-state index is 10.5. The van der Waals surface area contributed by atoms with Crippen LogP contribution in [0.5, 0.6) is 0 Å². The second-order valence-electron chi connectivity index (χ2n) is 2.63. The van der Waals surface area contributed by atoms with Gasteiger partial charge in [0.15, 0.2) is 0 Å². The molecule has 0 saturated carbocycles. The van der Waals surface area contributed by atoms with Crippen molar-refractivity contribution in [3.63, 3.8) is 0 Å². The summed E-state index contributed by atoms with van der Waals surface area (Å²) in [5.41, 5.74) is 1.92. The van der Waals surface area contributed by atoms with Crippen LogP contribution in [0.4, 0.5) is 0 Å². The average molecular weight is 180 g/mol. The van der Waals surface area contributed by atoms with Crippen LogP contribution in [-0.4, -0.2) is 12.0 Å². The number of thioether (sulfide) groups is 1. The van der Waals surface area contributed by atoms with Gasteiger partial charge in [-0.05, 0) is 36.4 Å². The first-order valence-corrected chi connectivity index (χ1v) is 4.94. The molecular formula is C10H12OS. The van der Waals surface area contributed by atoms with Gasteiger partial charge in [-0.1, -0.05) is 6.92 Å². The summed E-state index contributed by atoms with van der Waals surface area (Å²) in [6.45, 7) is 4.11. The van der Waals surface area contributed by atoms with Crippen molar-refractivity contribution in [3.05, 3.63) is 29.3 Å². The lowest BCUT2D eigenvalue weighted by Crippen LogP contribution is -1.83. The summed E-state index contributed by atoms with van der Waals surface area (Å²) in [4.78, 5) is 11.7. The highest BCUT2D eigenvalue weighted by molar-refractivity contribution is 7.99. The summed E-state index contributed by atoms with van der Waals surface area (Å²) in [6.07, 6.45) is 0.896. The van der Waals surface area contributed by atoms with Crippen molar-refractivity contribution >= 4 is 18.0 Å². The first-order chi connectivity index (χ1) is 5.76. The third kappa shape index (κ3) is 2.38. The van der Waals surface area contributed by atoms with E-state index in [0.29, 0.717) is 0 Å². The summed E-state index contributed by atoms with van der Waals surface area (Å²) in [6, 6.07) is 5.92. The molecule has 0 aliphatic carbocycles. The van der Waals surface area contributed by atoms with Gasteiger partial charge in [-0.15, -0.1) is 11.8 Å². The monoisotopic (exact) mass is 180 g/mol. The molecule has 1 aromatic rings. The molecular weight excluding hydrogens is 168 g/mol. The third-order valence-electron chi connectivity index (χ3n) is 1.52. The molecule has 0 aromatic heterocycles. The number of benzene rings is 1. The number of aldehydes is 1. The smallest absolute Gasteiger partial charge is 0.150 e. The van der Waals surface area contributed by atoms with Crippen molar-refractivity contribution in [1.82, 2.24) is 0 Å². The fraction of sp³-hybridized carbons (Fsp3) is 0.300. The summed E-state index contributed by atoms with van der Waals surface area (Å²) in [5, 5.41) is 0. The van der Waals surface area contributed by atoms with Gasteiger partial charge >= 0.3 is 0 Å². The van der Waals surface area contributed by atoms with Crippen molar-refractivity contribution in [1.29, 1.82) is 0 Å². The van der Waals surface area contributed by atoms with Gasteiger partial charge in [0.05, 0.1) is 0 Å². The second kappa shape index (κ2) is 4.31.